The van der Waals surface area contributed by atoms with E-state index in [1.165, 1.54) is 12.0 Å². The van der Waals surface area contributed by atoms with E-state index in [0.29, 0.717) is 18.2 Å². The van der Waals surface area contributed by atoms with Crippen molar-refractivity contribution in [1.29, 1.82) is 0 Å². The number of carbonyl (C=O) groups is 1. The Morgan fingerprint density at radius 2 is 2.50 bits per heavy atom. The highest BCUT2D eigenvalue weighted by molar-refractivity contribution is 5.76. The van der Waals surface area contributed by atoms with Gasteiger partial charge >= 0.3 is 0 Å². The molecule has 3 nitrogen and oxygen atoms in total. The minimum Gasteiger partial charge on any atom is -0.300 e. The van der Waals surface area contributed by atoms with Gasteiger partial charge in [-0.05, 0) is 37.9 Å². The van der Waals surface area contributed by atoms with Crippen molar-refractivity contribution in [2.24, 2.45) is 0 Å². The number of carbonyl (C=O) groups excluding carboxylic acids is 1. The molecule has 1 aliphatic heterocycles. The lowest BCUT2D eigenvalue weighted by Crippen LogP contribution is -2.30. The summed E-state index contributed by atoms with van der Waals surface area (Å²) in [6, 6.07) is 4.50. The molecule has 1 saturated heterocycles. The molecule has 1 unspecified atom stereocenters. The molecule has 0 aliphatic carbocycles. The van der Waals surface area contributed by atoms with Gasteiger partial charge in [0, 0.05) is 31.4 Å². The van der Waals surface area contributed by atoms with Crippen LogP contribution in [0.3, 0.4) is 0 Å². The van der Waals surface area contributed by atoms with E-state index in [0.717, 1.165) is 19.5 Å². The molecule has 0 bridgehead atoms. The topological polar surface area (TPSA) is 33.2 Å². The van der Waals surface area contributed by atoms with Gasteiger partial charge in [0.25, 0.3) is 0 Å². The SMILES string of the molecule is CC(=O)CC1CCCN1Cc1cccnc1. The number of hydrogen-bond acceptors (Lipinski definition) is 3. The van der Waals surface area contributed by atoms with E-state index < -0.39 is 0 Å². The van der Waals surface area contributed by atoms with Crippen molar-refractivity contribution in [2.75, 3.05) is 6.54 Å². The zero-order chi connectivity index (χ0) is 11.4. The fourth-order valence-electron chi connectivity index (χ4n) is 2.39. The summed E-state index contributed by atoms with van der Waals surface area (Å²) >= 11 is 0. The monoisotopic (exact) mass is 218 g/mol. The molecule has 1 atom stereocenters. The van der Waals surface area contributed by atoms with Crippen molar-refractivity contribution >= 4 is 5.78 Å². The molecule has 1 aromatic rings. The average Bonchev–Trinajstić information content (AvgIpc) is 2.66. The van der Waals surface area contributed by atoms with Gasteiger partial charge in [0.05, 0.1) is 0 Å². The summed E-state index contributed by atoms with van der Waals surface area (Å²) < 4.78 is 0. The lowest BCUT2D eigenvalue weighted by Gasteiger charge is -2.23. The Hall–Kier alpha value is -1.22. The molecule has 0 saturated carbocycles. The van der Waals surface area contributed by atoms with Gasteiger partial charge in [-0.15, -0.1) is 0 Å². The number of Topliss-reactive ketones (excluding diaryl/α,β-unsaturated/α-hetero) is 1. The summed E-state index contributed by atoms with van der Waals surface area (Å²) in [6.45, 7) is 3.71. The van der Waals surface area contributed by atoms with Gasteiger partial charge in [-0.3, -0.25) is 14.7 Å². The van der Waals surface area contributed by atoms with E-state index in [-0.39, 0.29) is 0 Å². The first-order chi connectivity index (χ1) is 7.75. The van der Waals surface area contributed by atoms with Crippen molar-refractivity contribution in [3.8, 4) is 0 Å². The van der Waals surface area contributed by atoms with Gasteiger partial charge in [0.1, 0.15) is 5.78 Å². The van der Waals surface area contributed by atoms with Crippen LogP contribution in [0.5, 0.6) is 0 Å². The molecule has 3 heteroatoms. The highest BCUT2D eigenvalue weighted by Gasteiger charge is 2.25. The molecule has 1 aromatic heterocycles. The molecule has 0 spiro atoms. The molecule has 0 aromatic carbocycles. The lowest BCUT2D eigenvalue weighted by atomic mass is 10.1. The fraction of sp³-hybridized carbons (Fsp3) is 0.538. The number of rotatable bonds is 4. The van der Waals surface area contributed by atoms with Crippen LogP contribution in [0.15, 0.2) is 24.5 Å². The van der Waals surface area contributed by atoms with Crippen molar-refractivity contribution in [3.63, 3.8) is 0 Å². The molecule has 0 N–H and O–H groups in total. The van der Waals surface area contributed by atoms with Crippen molar-refractivity contribution in [2.45, 2.75) is 38.8 Å². The Morgan fingerprint density at radius 3 is 3.19 bits per heavy atom. The third kappa shape index (κ3) is 2.89. The van der Waals surface area contributed by atoms with Gasteiger partial charge in [-0.25, -0.2) is 0 Å². The van der Waals surface area contributed by atoms with Crippen LogP contribution in [0, 0.1) is 0 Å². The van der Waals surface area contributed by atoms with Gasteiger partial charge in [-0.1, -0.05) is 6.07 Å². The number of hydrogen-bond donors (Lipinski definition) is 0. The van der Waals surface area contributed by atoms with E-state index in [1.54, 1.807) is 13.1 Å². The number of aromatic nitrogens is 1. The van der Waals surface area contributed by atoms with Gasteiger partial charge in [-0.2, -0.15) is 0 Å². The first-order valence-corrected chi connectivity index (χ1v) is 5.88. The predicted octanol–water partition coefficient (Wildman–Crippen LogP) is 2.03. The zero-order valence-corrected chi connectivity index (χ0v) is 9.72. The maximum atomic E-state index is 11.2. The third-order valence-electron chi connectivity index (χ3n) is 3.13. The van der Waals surface area contributed by atoms with Crippen molar-refractivity contribution in [3.05, 3.63) is 30.1 Å². The number of ketones is 1. The molecular formula is C13H18N2O. The third-order valence-corrected chi connectivity index (χ3v) is 3.13. The predicted molar refractivity (Wildman–Crippen MR) is 63.0 cm³/mol. The Morgan fingerprint density at radius 1 is 1.62 bits per heavy atom. The van der Waals surface area contributed by atoms with E-state index in [1.807, 2.05) is 12.3 Å². The summed E-state index contributed by atoms with van der Waals surface area (Å²) in [5.41, 5.74) is 1.23. The Bertz CT molecular complexity index is 350. The van der Waals surface area contributed by atoms with E-state index >= 15 is 0 Å². The average molecular weight is 218 g/mol. The van der Waals surface area contributed by atoms with E-state index in [9.17, 15) is 4.79 Å². The first kappa shape index (κ1) is 11.3. The summed E-state index contributed by atoms with van der Waals surface area (Å²) in [5, 5.41) is 0. The van der Waals surface area contributed by atoms with Crippen LogP contribution in [0.4, 0.5) is 0 Å². The van der Waals surface area contributed by atoms with Crippen LogP contribution in [-0.2, 0) is 11.3 Å². The van der Waals surface area contributed by atoms with E-state index in [4.69, 9.17) is 0 Å². The smallest absolute Gasteiger partial charge is 0.131 e. The van der Waals surface area contributed by atoms with Crippen LogP contribution < -0.4 is 0 Å². The highest BCUT2D eigenvalue weighted by Crippen LogP contribution is 2.22. The van der Waals surface area contributed by atoms with Crippen LogP contribution in [0.2, 0.25) is 0 Å². The fourth-order valence-corrected chi connectivity index (χ4v) is 2.39. The number of nitrogens with zero attached hydrogens (tertiary/aromatic N) is 2. The maximum Gasteiger partial charge on any atom is 0.131 e. The number of pyridine rings is 1. The van der Waals surface area contributed by atoms with Crippen LogP contribution in [-0.4, -0.2) is 28.3 Å². The van der Waals surface area contributed by atoms with Gasteiger partial charge < -0.3 is 0 Å². The van der Waals surface area contributed by atoms with Crippen molar-refractivity contribution in [1.82, 2.24) is 9.88 Å². The second-order valence-corrected chi connectivity index (χ2v) is 4.53. The Labute approximate surface area is 96.5 Å². The molecule has 0 radical (unpaired) electrons. The first-order valence-electron chi connectivity index (χ1n) is 5.88. The summed E-state index contributed by atoms with van der Waals surface area (Å²) in [4.78, 5) is 17.7. The van der Waals surface area contributed by atoms with Crippen LogP contribution in [0.25, 0.3) is 0 Å². The second kappa shape index (κ2) is 5.21. The summed E-state index contributed by atoms with van der Waals surface area (Å²) in [5.74, 6) is 0.295. The normalized spacial score (nSPS) is 21.2. The molecule has 16 heavy (non-hydrogen) atoms. The summed E-state index contributed by atoms with van der Waals surface area (Å²) in [6.07, 6.45) is 6.75. The molecule has 1 aliphatic rings. The molecule has 1 fully saturated rings. The minimum atomic E-state index is 0.295. The maximum absolute atomic E-state index is 11.2. The van der Waals surface area contributed by atoms with E-state index in [2.05, 4.69) is 16.0 Å². The number of likely N-dealkylation sites (tertiary alicyclic amines) is 1. The highest BCUT2D eigenvalue weighted by atomic mass is 16.1. The quantitative estimate of drug-likeness (QED) is 0.775. The Balaban J connectivity index is 1.96. The van der Waals surface area contributed by atoms with Crippen LogP contribution >= 0.6 is 0 Å². The van der Waals surface area contributed by atoms with Gasteiger partial charge in [0.15, 0.2) is 0 Å². The van der Waals surface area contributed by atoms with Crippen molar-refractivity contribution < 1.29 is 4.79 Å². The van der Waals surface area contributed by atoms with Crippen LogP contribution in [0.1, 0.15) is 31.7 Å². The second-order valence-electron chi connectivity index (χ2n) is 4.53. The standard InChI is InChI=1S/C13H18N2O/c1-11(16)8-13-5-3-7-15(13)10-12-4-2-6-14-9-12/h2,4,6,9,13H,3,5,7-8,10H2,1H3. The molecular weight excluding hydrogens is 200 g/mol. The summed E-state index contributed by atoms with van der Waals surface area (Å²) in [7, 11) is 0. The zero-order valence-electron chi connectivity index (χ0n) is 9.72. The molecule has 2 rings (SSSR count). The minimum absolute atomic E-state index is 0.295. The van der Waals surface area contributed by atoms with Gasteiger partial charge in [0.2, 0.25) is 0 Å². The largest absolute Gasteiger partial charge is 0.300 e. The molecule has 2 heterocycles. The lowest BCUT2D eigenvalue weighted by molar-refractivity contribution is -0.118. The molecule has 86 valence electrons. The Kier molecular flexibility index (Phi) is 3.67. The molecule has 0 amide bonds.